The highest BCUT2D eigenvalue weighted by molar-refractivity contribution is 5.70. The Hall–Kier alpha value is -1.08. The third-order valence-electron chi connectivity index (χ3n) is 3.78. The zero-order valence-corrected chi connectivity index (χ0v) is 9.16. The Morgan fingerprint density at radius 3 is 3.07 bits per heavy atom. The second kappa shape index (κ2) is 3.49. The molecule has 1 aromatic rings. The van der Waals surface area contributed by atoms with Crippen LogP contribution in [0, 0.1) is 5.92 Å². The van der Waals surface area contributed by atoms with E-state index in [2.05, 4.69) is 42.6 Å². The molecule has 1 aromatic carbocycles. The highest BCUT2D eigenvalue weighted by atomic mass is 14.9. The van der Waals surface area contributed by atoms with Gasteiger partial charge in [-0.1, -0.05) is 30.3 Å². The van der Waals surface area contributed by atoms with Gasteiger partial charge in [0.25, 0.3) is 0 Å². The van der Waals surface area contributed by atoms with Crippen LogP contribution in [0.2, 0.25) is 0 Å². The first-order valence-corrected chi connectivity index (χ1v) is 5.84. The minimum atomic E-state index is 0.716. The summed E-state index contributed by atoms with van der Waals surface area (Å²) in [5.74, 6) is 1.47. The van der Waals surface area contributed by atoms with Crippen LogP contribution in [0.4, 0.5) is 0 Å². The predicted molar refractivity (Wildman–Crippen MR) is 63.8 cm³/mol. The summed E-state index contributed by atoms with van der Waals surface area (Å²) in [6.45, 7) is 4.56. The van der Waals surface area contributed by atoms with Crippen molar-refractivity contribution in [3.05, 3.63) is 41.5 Å². The Morgan fingerprint density at radius 2 is 2.13 bits per heavy atom. The lowest BCUT2D eigenvalue weighted by molar-refractivity contribution is 0.377. The van der Waals surface area contributed by atoms with Gasteiger partial charge >= 0.3 is 0 Å². The van der Waals surface area contributed by atoms with E-state index in [-0.39, 0.29) is 0 Å². The molecule has 1 N–H and O–H groups in total. The van der Waals surface area contributed by atoms with Gasteiger partial charge in [-0.15, -0.1) is 0 Å². The van der Waals surface area contributed by atoms with Gasteiger partial charge in [0, 0.05) is 6.54 Å². The number of piperidine rings is 1. The number of hydrogen-bond donors (Lipinski definition) is 1. The zero-order valence-electron chi connectivity index (χ0n) is 9.16. The number of hydrogen-bond acceptors (Lipinski definition) is 1. The molecule has 0 radical (unpaired) electrons. The molecule has 0 aromatic heterocycles. The Bertz CT molecular complexity index is 406. The van der Waals surface area contributed by atoms with E-state index in [4.69, 9.17) is 0 Å². The third-order valence-corrected chi connectivity index (χ3v) is 3.78. The van der Waals surface area contributed by atoms with Gasteiger partial charge in [-0.3, -0.25) is 0 Å². The van der Waals surface area contributed by atoms with Gasteiger partial charge in [-0.05, 0) is 48.4 Å². The van der Waals surface area contributed by atoms with E-state index in [1.165, 1.54) is 24.1 Å². The lowest BCUT2D eigenvalue weighted by Crippen LogP contribution is -2.36. The molecule has 1 fully saturated rings. The summed E-state index contributed by atoms with van der Waals surface area (Å²) in [6.07, 6.45) is 3.74. The summed E-state index contributed by atoms with van der Waals surface area (Å²) < 4.78 is 0. The molecule has 1 nitrogen and oxygen atoms in total. The molecule has 0 spiro atoms. The van der Waals surface area contributed by atoms with Gasteiger partial charge in [0.05, 0.1) is 0 Å². The van der Waals surface area contributed by atoms with Crippen LogP contribution < -0.4 is 5.32 Å². The van der Waals surface area contributed by atoms with Crippen molar-refractivity contribution in [2.24, 2.45) is 5.92 Å². The summed E-state index contributed by atoms with van der Waals surface area (Å²) in [5, 5.41) is 3.49. The highest BCUT2D eigenvalue weighted by Gasteiger charge is 2.29. The van der Waals surface area contributed by atoms with Crippen molar-refractivity contribution < 1.29 is 0 Å². The van der Waals surface area contributed by atoms with Gasteiger partial charge in [-0.2, -0.15) is 0 Å². The van der Waals surface area contributed by atoms with Crippen LogP contribution in [0.1, 0.15) is 30.4 Å². The van der Waals surface area contributed by atoms with Crippen LogP contribution >= 0.6 is 0 Å². The quantitative estimate of drug-likeness (QED) is 0.677. The average Bonchev–Trinajstić information content (AvgIpc) is 2.30. The third kappa shape index (κ3) is 1.42. The normalized spacial score (nSPS) is 29.0. The Kier molecular flexibility index (Phi) is 2.14. The maximum atomic E-state index is 3.49. The molecule has 1 aliphatic carbocycles. The van der Waals surface area contributed by atoms with Gasteiger partial charge in [0.2, 0.25) is 0 Å². The summed E-state index contributed by atoms with van der Waals surface area (Å²) in [7, 11) is 0. The van der Waals surface area contributed by atoms with Crippen molar-refractivity contribution in [3.8, 4) is 0 Å². The van der Waals surface area contributed by atoms with Crippen molar-refractivity contribution >= 4 is 5.57 Å². The van der Waals surface area contributed by atoms with Crippen LogP contribution in [0.25, 0.3) is 5.57 Å². The largest absolute Gasteiger partial charge is 0.316 e. The molecule has 2 unspecified atom stereocenters. The molecule has 2 aliphatic rings. The molecule has 1 heterocycles. The topological polar surface area (TPSA) is 12.0 Å². The van der Waals surface area contributed by atoms with E-state index in [1.807, 2.05) is 0 Å². The molecule has 15 heavy (non-hydrogen) atoms. The summed E-state index contributed by atoms with van der Waals surface area (Å²) in [5.41, 5.74) is 4.50. The molecular weight excluding hydrogens is 182 g/mol. The van der Waals surface area contributed by atoms with Crippen LogP contribution in [0.15, 0.2) is 30.3 Å². The highest BCUT2D eigenvalue weighted by Crippen LogP contribution is 2.40. The van der Waals surface area contributed by atoms with Crippen molar-refractivity contribution in [2.45, 2.75) is 19.3 Å². The number of nitrogens with one attached hydrogen (secondary N) is 1. The fraction of sp³-hybridized carbons (Fsp3) is 0.429. The van der Waals surface area contributed by atoms with E-state index in [9.17, 15) is 0 Å². The second-order valence-electron chi connectivity index (χ2n) is 4.70. The van der Waals surface area contributed by atoms with E-state index >= 15 is 0 Å². The molecule has 1 aliphatic heterocycles. The smallest absolute Gasteiger partial charge is 0.00203 e. The molecule has 1 saturated heterocycles. The van der Waals surface area contributed by atoms with E-state index in [0.717, 1.165) is 12.5 Å². The summed E-state index contributed by atoms with van der Waals surface area (Å²) in [6, 6.07) is 8.91. The lowest BCUT2D eigenvalue weighted by Gasteiger charge is -2.35. The van der Waals surface area contributed by atoms with Crippen LogP contribution in [-0.4, -0.2) is 13.1 Å². The minimum absolute atomic E-state index is 0.716. The Balaban J connectivity index is 2.10. The molecule has 0 saturated carbocycles. The first-order valence-electron chi connectivity index (χ1n) is 5.84. The van der Waals surface area contributed by atoms with Crippen molar-refractivity contribution in [1.29, 1.82) is 0 Å². The van der Waals surface area contributed by atoms with Gasteiger partial charge in [-0.25, -0.2) is 0 Å². The Labute approximate surface area is 91.2 Å². The fourth-order valence-corrected chi connectivity index (χ4v) is 3.03. The Morgan fingerprint density at radius 1 is 1.27 bits per heavy atom. The maximum absolute atomic E-state index is 3.49. The molecule has 0 amide bonds. The average molecular weight is 199 g/mol. The SMILES string of the molecule is CC1=CC2CNCCC2c2ccccc21. The monoisotopic (exact) mass is 199 g/mol. The first kappa shape index (κ1) is 9.17. The summed E-state index contributed by atoms with van der Waals surface area (Å²) in [4.78, 5) is 0. The van der Waals surface area contributed by atoms with E-state index in [0.29, 0.717) is 5.92 Å². The number of benzene rings is 1. The molecule has 3 rings (SSSR count). The standard InChI is InChI=1S/C14H17N/c1-10-8-11-9-15-7-6-13(11)14-5-3-2-4-12(10)14/h2-5,8,11,13,15H,6-7,9H2,1H3. The molecule has 1 heteroatoms. The molecule has 78 valence electrons. The van der Waals surface area contributed by atoms with E-state index < -0.39 is 0 Å². The lowest BCUT2D eigenvalue weighted by atomic mass is 9.73. The summed E-state index contributed by atoms with van der Waals surface area (Å²) >= 11 is 0. The number of fused-ring (bicyclic) bond motifs is 3. The van der Waals surface area contributed by atoms with Gasteiger partial charge in [0.15, 0.2) is 0 Å². The van der Waals surface area contributed by atoms with Crippen LogP contribution in [0.5, 0.6) is 0 Å². The number of allylic oxidation sites excluding steroid dienone is 1. The fourth-order valence-electron chi connectivity index (χ4n) is 3.03. The van der Waals surface area contributed by atoms with Gasteiger partial charge < -0.3 is 5.32 Å². The van der Waals surface area contributed by atoms with Crippen LogP contribution in [-0.2, 0) is 0 Å². The predicted octanol–water partition coefficient (Wildman–Crippen LogP) is 2.80. The zero-order chi connectivity index (χ0) is 10.3. The van der Waals surface area contributed by atoms with Crippen molar-refractivity contribution in [3.63, 3.8) is 0 Å². The van der Waals surface area contributed by atoms with Crippen LogP contribution in [0.3, 0.4) is 0 Å². The molecule has 2 atom stereocenters. The molecule has 0 bridgehead atoms. The van der Waals surface area contributed by atoms with E-state index in [1.54, 1.807) is 5.56 Å². The first-order chi connectivity index (χ1) is 7.36. The number of rotatable bonds is 0. The maximum Gasteiger partial charge on any atom is 0.00203 e. The molecular formula is C14H17N. The minimum Gasteiger partial charge on any atom is -0.316 e. The van der Waals surface area contributed by atoms with Crippen molar-refractivity contribution in [1.82, 2.24) is 5.32 Å². The second-order valence-corrected chi connectivity index (χ2v) is 4.70. The van der Waals surface area contributed by atoms with Crippen molar-refractivity contribution in [2.75, 3.05) is 13.1 Å². The van der Waals surface area contributed by atoms with Gasteiger partial charge in [0.1, 0.15) is 0 Å².